The molecule has 0 aromatic carbocycles. The maximum absolute atomic E-state index is 10.1. The number of carbonyl (C=O) groups is 2. The standard InChI is InChI=1S/C5H9NO2.C3H7NO5S/c7-5(8)4-2-1-3-6-4;4-2(3(5)6)1-10(7,8)9/h4,6H,1-3H2,(H,7,8);2H,1,4H2,(H,5,6)(H,7,8,9)/t4-;2-/m00/s1. The van der Waals surface area contributed by atoms with Gasteiger partial charge in [0.2, 0.25) is 0 Å². The van der Waals surface area contributed by atoms with Gasteiger partial charge in [0.15, 0.2) is 0 Å². The molecule has 0 spiro atoms. The summed E-state index contributed by atoms with van der Waals surface area (Å²) in [6.45, 7) is 0.858. The molecule has 0 aliphatic carbocycles. The monoisotopic (exact) mass is 284 g/mol. The molecule has 1 fully saturated rings. The molecule has 1 saturated heterocycles. The van der Waals surface area contributed by atoms with Crippen molar-refractivity contribution >= 4 is 22.1 Å². The van der Waals surface area contributed by atoms with Crippen molar-refractivity contribution in [3.63, 3.8) is 0 Å². The zero-order valence-corrected chi connectivity index (χ0v) is 10.3. The van der Waals surface area contributed by atoms with Crippen LogP contribution in [0.25, 0.3) is 0 Å². The molecule has 6 N–H and O–H groups in total. The Kier molecular flexibility index (Phi) is 6.76. The topological polar surface area (TPSA) is 167 Å². The van der Waals surface area contributed by atoms with Crippen molar-refractivity contribution in [3.8, 4) is 0 Å². The summed E-state index contributed by atoms with van der Waals surface area (Å²) in [4.78, 5) is 20.0. The van der Waals surface area contributed by atoms with Gasteiger partial charge in [-0.05, 0) is 19.4 Å². The van der Waals surface area contributed by atoms with Crippen LogP contribution >= 0.6 is 0 Å². The summed E-state index contributed by atoms with van der Waals surface area (Å²) >= 11 is 0. The van der Waals surface area contributed by atoms with Crippen LogP contribution in [0.15, 0.2) is 0 Å². The summed E-state index contributed by atoms with van der Waals surface area (Å²) in [6.07, 6.45) is 1.78. The van der Waals surface area contributed by atoms with Gasteiger partial charge in [-0.25, -0.2) is 0 Å². The number of nitrogens with two attached hydrogens (primary N) is 1. The van der Waals surface area contributed by atoms with E-state index >= 15 is 0 Å². The molecular weight excluding hydrogens is 268 g/mol. The second-order valence-electron chi connectivity index (χ2n) is 3.68. The fourth-order valence-corrected chi connectivity index (χ4v) is 1.79. The first-order valence-electron chi connectivity index (χ1n) is 5.03. The molecular formula is C8H16N2O7S. The molecule has 9 nitrogen and oxygen atoms in total. The van der Waals surface area contributed by atoms with Crippen LogP contribution in [-0.2, 0) is 19.7 Å². The van der Waals surface area contributed by atoms with Crippen LogP contribution in [0.5, 0.6) is 0 Å². The molecule has 0 radical (unpaired) electrons. The lowest BCUT2D eigenvalue weighted by atomic mass is 10.2. The van der Waals surface area contributed by atoms with Gasteiger partial charge in [0.25, 0.3) is 10.1 Å². The van der Waals surface area contributed by atoms with E-state index in [1.165, 1.54) is 0 Å². The zero-order chi connectivity index (χ0) is 14.3. The van der Waals surface area contributed by atoms with Crippen molar-refractivity contribution in [1.82, 2.24) is 5.32 Å². The minimum Gasteiger partial charge on any atom is -0.480 e. The summed E-state index contributed by atoms with van der Waals surface area (Å²) in [7, 11) is -4.27. The van der Waals surface area contributed by atoms with E-state index < -0.39 is 33.9 Å². The van der Waals surface area contributed by atoms with Crippen molar-refractivity contribution < 1.29 is 32.8 Å². The molecule has 10 heteroatoms. The second-order valence-corrected chi connectivity index (χ2v) is 5.18. The molecule has 0 amide bonds. The molecule has 2 atom stereocenters. The Morgan fingerprint density at radius 2 is 1.94 bits per heavy atom. The van der Waals surface area contributed by atoms with Crippen LogP contribution < -0.4 is 11.1 Å². The third kappa shape index (κ3) is 7.95. The summed E-state index contributed by atoms with van der Waals surface area (Å²) in [5, 5.41) is 19.3. The van der Waals surface area contributed by atoms with Crippen molar-refractivity contribution in [3.05, 3.63) is 0 Å². The normalized spacial score (nSPS) is 20.7. The molecule has 1 heterocycles. The van der Waals surface area contributed by atoms with Gasteiger partial charge in [0, 0.05) is 0 Å². The predicted molar refractivity (Wildman–Crippen MR) is 60.7 cm³/mol. The van der Waals surface area contributed by atoms with Gasteiger partial charge >= 0.3 is 11.9 Å². The molecule has 0 aromatic rings. The SMILES string of the molecule is N[C@@H](CS(=O)(=O)O)C(=O)O.O=C(O)[C@@H]1CCCN1. The predicted octanol–water partition coefficient (Wildman–Crippen LogP) is -1.89. The van der Waals surface area contributed by atoms with E-state index in [9.17, 15) is 18.0 Å². The molecule has 1 aliphatic heterocycles. The second kappa shape index (κ2) is 7.26. The van der Waals surface area contributed by atoms with E-state index in [-0.39, 0.29) is 6.04 Å². The van der Waals surface area contributed by atoms with Crippen LogP contribution in [0.4, 0.5) is 0 Å². The van der Waals surface area contributed by atoms with Gasteiger partial charge in [0.1, 0.15) is 17.8 Å². The maximum Gasteiger partial charge on any atom is 0.321 e. The highest BCUT2D eigenvalue weighted by Crippen LogP contribution is 2.03. The molecule has 0 aromatic heterocycles. The Hall–Kier alpha value is -1.23. The van der Waals surface area contributed by atoms with Crippen molar-refractivity contribution in [2.45, 2.75) is 24.9 Å². The quantitative estimate of drug-likeness (QED) is 0.370. The number of carboxylic acid groups (broad SMARTS) is 2. The first kappa shape index (κ1) is 16.8. The van der Waals surface area contributed by atoms with Crippen LogP contribution in [-0.4, -0.2) is 59.5 Å². The molecule has 1 aliphatic rings. The van der Waals surface area contributed by atoms with E-state index in [4.69, 9.17) is 20.5 Å². The van der Waals surface area contributed by atoms with E-state index in [2.05, 4.69) is 5.32 Å². The van der Waals surface area contributed by atoms with E-state index in [0.29, 0.717) is 0 Å². The smallest absolute Gasteiger partial charge is 0.321 e. The Bertz CT molecular complexity index is 388. The van der Waals surface area contributed by atoms with Crippen LogP contribution in [0.3, 0.4) is 0 Å². The average molecular weight is 284 g/mol. The molecule has 0 saturated carbocycles. The highest BCUT2D eigenvalue weighted by molar-refractivity contribution is 7.85. The van der Waals surface area contributed by atoms with Gasteiger partial charge in [-0.3, -0.25) is 14.1 Å². The third-order valence-electron chi connectivity index (χ3n) is 2.07. The van der Waals surface area contributed by atoms with Crippen LogP contribution in [0.2, 0.25) is 0 Å². The van der Waals surface area contributed by atoms with Crippen molar-refractivity contribution in [1.29, 1.82) is 0 Å². The number of hydrogen-bond acceptors (Lipinski definition) is 6. The van der Waals surface area contributed by atoms with E-state index in [1.807, 2.05) is 0 Å². The first-order valence-corrected chi connectivity index (χ1v) is 6.64. The minimum atomic E-state index is -4.27. The van der Waals surface area contributed by atoms with Crippen molar-refractivity contribution in [2.24, 2.45) is 5.73 Å². The molecule has 106 valence electrons. The molecule has 0 unspecified atom stereocenters. The Balaban J connectivity index is 0.000000327. The highest BCUT2D eigenvalue weighted by Gasteiger charge is 2.20. The number of carboxylic acids is 2. The van der Waals surface area contributed by atoms with Crippen LogP contribution in [0.1, 0.15) is 12.8 Å². The lowest BCUT2D eigenvalue weighted by molar-refractivity contribution is -0.139. The number of nitrogens with one attached hydrogen (secondary N) is 1. The molecule has 18 heavy (non-hydrogen) atoms. The number of aliphatic carboxylic acids is 2. The Morgan fingerprint density at radius 1 is 1.39 bits per heavy atom. The first-order chi connectivity index (χ1) is 8.13. The van der Waals surface area contributed by atoms with Gasteiger partial charge in [-0.1, -0.05) is 0 Å². The third-order valence-corrected chi connectivity index (χ3v) is 2.85. The lowest BCUT2D eigenvalue weighted by Gasteiger charge is -2.01. The molecule has 0 bridgehead atoms. The zero-order valence-electron chi connectivity index (χ0n) is 9.44. The van der Waals surface area contributed by atoms with Gasteiger partial charge in [-0.15, -0.1) is 0 Å². The summed E-state index contributed by atoms with van der Waals surface area (Å²) in [5.41, 5.74) is 4.76. The molecule has 1 rings (SSSR count). The fourth-order valence-electron chi connectivity index (χ4n) is 1.19. The Morgan fingerprint density at radius 3 is 2.11 bits per heavy atom. The largest absolute Gasteiger partial charge is 0.480 e. The van der Waals surface area contributed by atoms with E-state index in [0.717, 1.165) is 19.4 Å². The van der Waals surface area contributed by atoms with Crippen molar-refractivity contribution in [2.75, 3.05) is 12.3 Å². The maximum atomic E-state index is 10.1. The highest BCUT2D eigenvalue weighted by atomic mass is 32.2. The van der Waals surface area contributed by atoms with E-state index in [1.54, 1.807) is 0 Å². The van der Waals surface area contributed by atoms with Gasteiger partial charge in [-0.2, -0.15) is 8.42 Å². The van der Waals surface area contributed by atoms with Gasteiger partial charge < -0.3 is 21.3 Å². The summed E-state index contributed by atoms with van der Waals surface area (Å²) in [5.74, 6) is -3.14. The Labute approximate surface area is 104 Å². The average Bonchev–Trinajstić information content (AvgIpc) is 2.68. The lowest BCUT2D eigenvalue weighted by Crippen LogP contribution is -2.36. The van der Waals surface area contributed by atoms with Crippen LogP contribution in [0, 0.1) is 0 Å². The fraction of sp³-hybridized carbons (Fsp3) is 0.750. The summed E-state index contributed by atoms with van der Waals surface area (Å²) < 4.78 is 28.0. The van der Waals surface area contributed by atoms with Gasteiger partial charge in [0.05, 0.1) is 0 Å². The number of rotatable bonds is 4. The minimum absolute atomic E-state index is 0.269. The number of hydrogen-bond donors (Lipinski definition) is 5. The summed E-state index contributed by atoms with van der Waals surface area (Å²) in [6, 6.07) is -1.83.